The van der Waals surface area contributed by atoms with E-state index in [1.807, 2.05) is 18.7 Å². The lowest BCUT2D eigenvalue weighted by Gasteiger charge is -2.33. The molecule has 0 radical (unpaired) electrons. The van der Waals surface area contributed by atoms with Crippen LogP contribution in [0.4, 0.5) is 0 Å². The number of amides is 2. The van der Waals surface area contributed by atoms with Crippen molar-refractivity contribution in [2.24, 2.45) is 11.8 Å². The van der Waals surface area contributed by atoms with E-state index in [0.29, 0.717) is 65.3 Å². The van der Waals surface area contributed by atoms with Gasteiger partial charge in [-0.2, -0.15) is 0 Å². The van der Waals surface area contributed by atoms with E-state index in [1.165, 1.54) is 0 Å². The monoisotopic (exact) mass is 754 g/mol. The van der Waals surface area contributed by atoms with Crippen molar-refractivity contribution in [2.45, 2.75) is 104 Å². The highest BCUT2D eigenvalue weighted by atomic mass is 16.4. The van der Waals surface area contributed by atoms with Crippen LogP contribution in [0.1, 0.15) is 86.0 Å². The largest absolute Gasteiger partial charge is 0.480 e. The molecule has 0 spiro atoms. The van der Waals surface area contributed by atoms with Gasteiger partial charge in [0, 0.05) is 82.8 Å². The van der Waals surface area contributed by atoms with Gasteiger partial charge in [0.05, 0.1) is 32.2 Å². The number of carboxylic acid groups (broad SMARTS) is 3. The van der Waals surface area contributed by atoms with Crippen LogP contribution in [-0.4, -0.2) is 173 Å². The van der Waals surface area contributed by atoms with Crippen molar-refractivity contribution in [3.63, 3.8) is 0 Å². The van der Waals surface area contributed by atoms with E-state index in [9.17, 15) is 44.1 Å². The molecule has 304 valence electrons. The van der Waals surface area contributed by atoms with Crippen LogP contribution >= 0.6 is 0 Å². The summed E-state index contributed by atoms with van der Waals surface area (Å²) in [5.74, 6) is -2.72. The Morgan fingerprint density at radius 2 is 1.08 bits per heavy atom. The highest BCUT2D eigenvalue weighted by molar-refractivity contribution is 5.85. The normalized spacial score (nSPS) is 21.2. The second kappa shape index (κ2) is 23.6. The summed E-state index contributed by atoms with van der Waals surface area (Å²) < 4.78 is 0. The molecular weight excluding hydrogens is 686 g/mol. The first-order chi connectivity index (χ1) is 24.9. The number of rotatable bonds is 19. The smallest absolute Gasteiger partial charge is 0.317 e. The van der Waals surface area contributed by atoms with Crippen LogP contribution in [0, 0.1) is 11.8 Å². The van der Waals surface area contributed by atoms with E-state index in [1.54, 1.807) is 14.7 Å². The van der Waals surface area contributed by atoms with Crippen LogP contribution in [0.2, 0.25) is 0 Å². The standard InChI is InChI=1S/C37H67N7O9/c1-27(2)36(53)30(40-37(3,4)5)8-6-7-13-38-31(45)22-28-9-11-29(12-10-28)39-32(46)23-41-14-16-42(24-33(47)48)18-20-44(26-35(51)52)21-19-43(17-15-41)25-34(49)50/h27-30,40H,6-26H2,1-5H3,(H,38,45)(H,39,46)(H,47,48)(H,49,50)(H,51,52)/t28?,29?,30-/m0/s1. The van der Waals surface area contributed by atoms with Gasteiger partial charge in [-0.05, 0) is 71.6 Å². The number of carboxylic acids is 3. The molecule has 0 unspecified atom stereocenters. The van der Waals surface area contributed by atoms with Gasteiger partial charge in [0.1, 0.15) is 0 Å². The number of ketones is 1. The maximum Gasteiger partial charge on any atom is 0.317 e. The number of hydrogen-bond donors (Lipinski definition) is 6. The van der Waals surface area contributed by atoms with E-state index < -0.39 is 17.9 Å². The molecule has 0 bridgehead atoms. The molecule has 16 heteroatoms. The van der Waals surface area contributed by atoms with Crippen molar-refractivity contribution in [2.75, 3.05) is 85.1 Å². The van der Waals surface area contributed by atoms with E-state index in [2.05, 4.69) is 36.7 Å². The van der Waals surface area contributed by atoms with Crippen LogP contribution in [0.25, 0.3) is 0 Å². The maximum absolute atomic E-state index is 13.2. The third-order valence-corrected chi connectivity index (χ3v) is 9.82. The minimum absolute atomic E-state index is 0.00954. The Labute approximate surface area is 315 Å². The third kappa shape index (κ3) is 20.7. The zero-order valence-corrected chi connectivity index (χ0v) is 32.7. The molecule has 16 nitrogen and oxygen atoms in total. The van der Waals surface area contributed by atoms with Crippen molar-refractivity contribution < 1.29 is 44.1 Å². The Kier molecular flexibility index (Phi) is 20.4. The molecule has 1 aliphatic heterocycles. The number of nitrogens with one attached hydrogen (secondary N) is 3. The summed E-state index contributed by atoms with van der Waals surface area (Å²) >= 11 is 0. The van der Waals surface area contributed by atoms with Crippen LogP contribution in [0.5, 0.6) is 0 Å². The molecule has 1 saturated heterocycles. The average Bonchev–Trinajstić information content (AvgIpc) is 3.04. The number of carbonyl (C=O) groups excluding carboxylic acids is 3. The topological polar surface area (TPSA) is 212 Å². The molecule has 0 aromatic heterocycles. The fourth-order valence-corrected chi connectivity index (χ4v) is 7.02. The second-order valence-corrected chi connectivity index (χ2v) is 16.1. The Hall–Kier alpha value is -3.18. The lowest BCUT2D eigenvalue weighted by atomic mass is 9.84. The minimum Gasteiger partial charge on any atom is -0.480 e. The summed E-state index contributed by atoms with van der Waals surface area (Å²) in [5, 5.41) is 37.9. The second-order valence-electron chi connectivity index (χ2n) is 16.1. The van der Waals surface area contributed by atoms with Gasteiger partial charge in [-0.3, -0.25) is 48.4 Å². The average molecular weight is 754 g/mol. The van der Waals surface area contributed by atoms with Crippen molar-refractivity contribution in [3.05, 3.63) is 0 Å². The Morgan fingerprint density at radius 1 is 0.642 bits per heavy atom. The van der Waals surface area contributed by atoms with Gasteiger partial charge in [-0.15, -0.1) is 0 Å². The zero-order valence-electron chi connectivity index (χ0n) is 32.7. The molecule has 2 amide bonds. The Balaban J connectivity index is 1.82. The maximum atomic E-state index is 13.2. The molecule has 1 heterocycles. The van der Waals surface area contributed by atoms with E-state index >= 15 is 0 Å². The Morgan fingerprint density at radius 3 is 1.47 bits per heavy atom. The summed E-state index contributed by atoms with van der Waals surface area (Å²) in [7, 11) is 0. The predicted molar refractivity (Wildman–Crippen MR) is 201 cm³/mol. The van der Waals surface area contributed by atoms with Crippen LogP contribution < -0.4 is 16.0 Å². The molecule has 6 N–H and O–H groups in total. The molecule has 0 aromatic rings. The molecule has 2 fully saturated rings. The lowest BCUT2D eigenvalue weighted by molar-refractivity contribution is -0.140. The number of aliphatic carboxylic acids is 3. The molecule has 1 atom stereocenters. The van der Waals surface area contributed by atoms with Gasteiger partial charge in [-0.25, -0.2) is 0 Å². The minimum atomic E-state index is -1.01. The zero-order chi connectivity index (χ0) is 39.6. The third-order valence-electron chi connectivity index (χ3n) is 9.82. The molecular formula is C37H67N7O9. The summed E-state index contributed by atoms with van der Waals surface area (Å²) in [6.07, 6.45) is 6.00. The SMILES string of the molecule is CC(C)C(=O)[C@H](CCCCNC(=O)CC1CCC(NC(=O)CN2CCN(CC(=O)O)CCN(CC(=O)O)CCN(CC(=O)O)CC2)CC1)NC(C)(C)C. The number of hydrogen-bond acceptors (Lipinski definition) is 11. The van der Waals surface area contributed by atoms with Gasteiger partial charge >= 0.3 is 17.9 Å². The fraction of sp³-hybridized carbons (Fsp3) is 0.838. The van der Waals surface area contributed by atoms with Gasteiger partial charge in [-0.1, -0.05) is 13.8 Å². The molecule has 0 aromatic carbocycles. The first kappa shape index (κ1) is 46.0. The molecule has 2 rings (SSSR count). The summed E-state index contributed by atoms with van der Waals surface area (Å²) in [6.45, 7) is 12.7. The molecule has 2 aliphatic rings. The van der Waals surface area contributed by atoms with Crippen LogP contribution in [-0.2, 0) is 28.8 Å². The number of carbonyl (C=O) groups is 6. The predicted octanol–water partition coefficient (Wildman–Crippen LogP) is 0.795. The van der Waals surface area contributed by atoms with E-state index in [0.717, 1.165) is 44.9 Å². The highest BCUT2D eigenvalue weighted by Gasteiger charge is 2.27. The first-order valence-corrected chi connectivity index (χ1v) is 19.3. The van der Waals surface area contributed by atoms with Crippen molar-refractivity contribution in [1.29, 1.82) is 0 Å². The van der Waals surface area contributed by atoms with Crippen molar-refractivity contribution in [3.8, 4) is 0 Å². The summed E-state index contributed by atoms with van der Waals surface area (Å²) in [6, 6.07) is -0.202. The molecule has 53 heavy (non-hydrogen) atoms. The van der Waals surface area contributed by atoms with Crippen molar-refractivity contribution in [1.82, 2.24) is 35.6 Å². The van der Waals surface area contributed by atoms with Gasteiger partial charge in [0.2, 0.25) is 11.8 Å². The van der Waals surface area contributed by atoms with E-state index in [-0.39, 0.29) is 73.2 Å². The van der Waals surface area contributed by atoms with Gasteiger partial charge < -0.3 is 31.3 Å². The quantitative estimate of drug-likeness (QED) is 0.101. The van der Waals surface area contributed by atoms with Crippen LogP contribution in [0.3, 0.4) is 0 Å². The van der Waals surface area contributed by atoms with Crippen LogP contribution in [0.15, 0.2) is 0 Å². The molecule has 1 aliphatic carbocycles. The fourth-order valence-electron chi connectivity index (χ4n) is 7.02. The van der Waals surface area contributed by atoms with E-state index in [4.69, 9.17) is 0 Å². The summed E-state index contributed by atoms with van der Waals surface area (Å²) in [4.78, 5) is 80.1. The highest BCUT2D eigenvalue weighted by Crippen LogP contribution is 2.27. The number of nitrogens with zero attached hydrogens (tertiary/aromatic N) is 4. The van der Waals surface area contributed by atoms with Gasteiger partial charge in [0.25, 0.3) is 0 Å². The number of Topliss-reactive ketones (excluding diaryl/α,β-unsaturated/α-hetero) is 1. The number of unbranched alkanes of at least 4 members (excludes halogenated alkanes) is 1. The lowest BCUT2D eigenvalue weighted by Crippen LogP contribution is -2.50. The molecule has 1 saturated carbocycles. The van der Waals surface area contributed by atoms with Gasteiger partial charge in [0.15, 0.2) is 5.78 Å². The first-order valence-electron chi connectivity index (χ1n) is 19.3. The summed E-state index contributed by atoms with van der Waals surface area (Å²) in [5.41, 5.74) is -0.159. The Bertz CT molecular complexity index is 1160. The van der Waals surface area contributed by atoms with Crippen molar-refractivity contribution >= 4 is 35.5 Å².